The van der Waals surface area contributed by atoms with Gasteiger partial charge in [-0.25, -0.2) is 0 Å². The van der Waals surface area contributed by atoms with E-state index in [0.29, 0.717) is 24.1 Å². The Morgan fingerprint density at radius 3 is 2.24 bits per heavy atom. The number of hydrogen-bond donors (Lipinski definition) is 1. The molecule has 0 saturated heterocycles. The van der Waals surface area contributed by atoms with Gasteiger partial charge in [-0.15, -0.1) is 0 Å². The van der Waals surface area contributed by atoms with E-state index in [4.69, 9.17) is 26.2 Å². The van der Waals surface area contributed by atoms with Crippen molar-refractivity contribution in [2.75, 3.05) is 18.5 Å². The Hall–Kier alpha value is -2.08. The SMILES string of the molecule is CCCOc1cccc(OCCC)c1C(=S)Nc1cc(C(C)(C)CC2CCCCCC2)no1. The van der Waals surface area contributed by atoms with Crippen LogP contribution in [0.2, 0.25) is 0 Å². The maximum Gasteiger partial charge on any atom is 0.229 e. The Kier molecular flexibility index (Phi) is 9.60. The van der Waals surface area contributed by atoms with Crippen LogP contribution >= 0.6 is 12.2 Å². The van der Waals surface area contributed by atoms with E-state index in [1.165, 1.54) is 38.5 Å². The van der Waals surface area contributed by atoms with Gasteiger partial charge in [0.2, 0.25) is 5.88 Å². The van der Waals surface area contributed by atoms with Gasteiger partial charge in [-0.05, 0) is 37.3 Å². The van der Waals surface area contributed by atoms with E-state index in [0.717, 1.165) is 47.9 Å². The van der Waals surface area contributed by atoms with Gasteiger partial charge >= 0.3 is 0 Å². The van der Waals surface area contributed by atoms with E-state index in [1.54, 1.807) is 0 Å². The Morgan fingerprint density at radius 2 is 1.67 bits per heavy atom. The van der Waals surface area contributed by atoms with Crippen molar-refractivity contribution in [2.45, 2.75) is 90.9 Å². The maximum absolute atomic E-state index is 5.97. The number of thiocarbonyl (C=S) groups is 1. The molecule has 0 amide bonds. The number of ether oxygens (including phenoxy) is 2. The molecule has 0 aliphatic heterocycles. The van der Waals surface area contributed by atoms with E-state index >= 15 is 0 Å². The van der Waals surface area contributed by atoms with Gasteiger partial charge in [0, 0.05) is 11.5 Å². The second kappa shape index (κ2) is 12.4. The number of benzene rings is 1. The molecule has 1 aromatic carbocycles. The lowest BCUT2D eigenvalue weighted by Gasteiger charge is -2.27. The molecule has 5 nitrogen and oxygen atoms in total. The van der Waals surface area contributed by atoms with Crippen molar-refractivity contribution in [3.63, 3.8) is 0 Å². The molecule has 6 heteroatoms. The largest absolute Gasteiger partial charge is 0.493 e. The molecule has 1 saturated carbocycles. The molecule has 3 rings (SSSR count). The van der Waals surface area contributed by atoms with Crippen molar-refractivity contribution >= 4 is 23.1 Å². The van der Waals surface area contributed by atoms with Crippen LogP contribution in [0.25, 0.3) is 0 Å². The lowest BCUT2D eigenvalue weighted by molar-refractivity contribution is 0.300. The van der Waals surface area contributed by atoms with Crippen LogP contribution in [0.5, 0.6) is 11.5 Å². The summed E-state index contributed by atoms with van der Waals surface area (Å²) in [5, 5.41) is 7.65. The highest BCUT2D eigenvalue weighted by Crippen LogP contribution is 2.37. The molecule has 0 radical (unpaired) electrons. The van der Waals surface area contributed by atoms with Crippen molar-refractivity contribution in [1.29, 1.82) is 0 Å². The molecular formula is C27H40N2O3S. The number of hydrogen-bond acceptors (Lipinski definition) is 5. The van der Waals surface area contributed by atoms with Crippen LogP contribution in [0.1, 0.15) is 96.7 Å². The molecule has 1 aliphatic carbocycles. The maximum atomic E-state index is 5.97. The van der Waals surface area contributed by atoms with Gasteiger partial charge in [-0.2, -0.15) is 0 Å². The highest BCUT2D eigenvalue weighted by atomic mass is 32.1. The topological polar surface area (TPSA) is 56.5 Å². The van der Waals surface area contributed by atoms with Gasteiger partial charge < -0.3 is 19.3 Å². The lowest BCUT2D eigenvalue weighted by atomic mass is 9.77. The molecule has 2 aromatic rings. The summed E-state index contributed by atoms with van der Waals surface area (Å²) in [5.74, 6) is 2.75. The van der Waals surface area contributed by atoms with Crippen molar-refractivity contribution in [1.82, 2.24) is 5.16 Å². The molecule has 1 heterocycles. The molecule has 0 atom stereocenters. The Balaban J connectivity index is 1.74. The summed E-state index contributed by atoms with van der Waals surface area (Å²) in [4.78, 5) is 0.511. The zero-order valence-corrected chi connectivity index (χ0v) is 21.6. The van der Waals surface area contributed by atoms with Crippen LogP contribution in [0.3, 0.4) is 0 Å². The standard InChI is InChI=1S/C27H40N2O3S/c1-5-16-30-21-14-11-15-22(31-17-6-2)25(21)26(33)28-24-18-23(29-32-24)27(3,4)19-20-12-9-7-8-10-13-20/h11,14-15,18,20H,5-10,12-13,16-17,19H2,1-4H3,(H,28,33). The molecule has 0 unspecified atom stereocenters. The van der Waals surface area contributed by atoms with Crippen LogP contribution in [0.15, 0.2) is 28.8 Å². The van der Waals surface area contributed by atoms with Crippen LogP contribution in [-0.4, -0.2) is 23.4 Å². The molecule has 1 aromatic heterocycles. The summed E-state index contributed by atoms with van der Waals surface area (Å²) in [6.45, 7) is 9.94. The molecule has 1 fully saturated rings. The lowest BCUT2D eigenvalue weighted by Crippen LogP contribution is -2.22. The molecule has 0 spiro atoms. The summed E-state index contributed by atoms with van der Waals surface area (Å²) in [6.07, 6.45) is 11.1. The van der Waals surface area contributed by atoms with Crippen molar-refractivity contribution in [3.8, 4) is 11.5 Å². The number of aromatic nitrogens is 1. The van der Waals surface area contributed by atoms with E-state index < -0.39 is 0 Å². The predicted molar refractivity (Wildman–Crippen MR) is 139 cm³/mol. The minimum atomic E-state index is -0.0441. The van der Waals surface area contributed by atoms with E-state index in [1.807, 2.05) is 24.3 Å². The quantitative estimate of drug-likeness (QED) is 0.267. The van der Waals surface area contributed by atoms with Gasteiger partial charge in [0.25, 0.3) is 0 Å². The van der Waals surface area contributed by atoms with Crippen molar-refractivity contribution in [2.24, 2.45) is 5.92 Å². The molecule has 33 heavy (non-hydrogen) atoms. The zero-order chi connectivity index (χ0) is 23.7. The Morgan fingerprint density at radius 1 is 1.06 bits per heavy atom. The van der Waals surface area contributed by atoms with E-state index in [9.17, 15) is 0 Å². The third-order valence-corrected chi connectivity index (χ3v) is 6.66. The van der Waals surface area contributed by atoms with Crippen LogP contribution in [-0.2, 0) is 5.41 Å². The molecular weight excluding hydrogens is 432 g/mol. The fourth-order valence-electron chi connectivity index (χ4n) is 4.62. The van der Waals surface area contributed by atoms with E-state index in [2.05, 4.69) is 38.2 Å². The summed E-state index contributed by atoms with van der Waals surface area (Å²) in [5.41, 5.74) is 1.68. The number of nitrogens with one attached hydrogen (secondary N) is 1. The number of rotatable bonds is 11. The smallest absolute Gasteiger partial charge is 0.229 e. The number of nitrogens with zero attached hydrogens (tertiary/aromatic N) is 1. The summed E-state index contributed by atoms with van der Waals surface area (Å²) >= 11 is 5.77. The van der Waals surface area contributed by atoms with Gasteiger partial charge in [0.15, 0.2) is 0 Å². The fraction of sp³-hybridized carbons (Fsp3) is 0.630. The second-order valence-electron chi connectivity index (χ2n) is 9.80. The number of anilines is 1. The normalized spacial score (nSPS) is 15.2. The van der Waals surface area contributed by atoms with Gasteiger partial charge in [0.05, 0.1) is 24.5 Å². The Labute approximate surface area is 204 Å². The summed E-state index contributed by atoms with van der Waals surface area (Å²) < 4.78 is 17.6. The summed E-state index contributed by atoms with van der Waals surface area (Å²) in [6, 6.07) is 7.79. The van der Waals surface area contributed by atoms with Crippen molar-refractivity contribution in [3.05, 3.63) is 35.5 Å². The first-order valence-electron chi connectivity index (χ1n) is 12.6. The van der Waals surface area contributed by atoms with Crippen LogP contribution < -0.4 is 14.8 Å². The minimum Gasteiger partial charge on any atom is -0.493 e. The third-order valence-electron chi connectivity index (χ3n) is 6.35. The summed E-state index contributed by atoms with van der Waals surface area (Å²) in [7, 11) is 0. The van der Waals surface area contributed by atoms with E-state index in [-0.39, 0.29) is 5.41 Å². The predicted octanol–water partition coefficient (Wildman–Crippen LogP) is 7.68. The van der Waals surface area contributed by atoms with Gasteiger partial charge in [0.1, 0.15) is 16.5 Å². The van der Waals surface area contributed by atoms with Gasteiger partial charge in [-0.3, -0.25) is 0 Å². The molecule has 1 N–H and O–H groups in total. The molecule has 182 valence electrons. The van der Waals surface area contributed by atoms with Crippen molar-refractivity contribution < 1.29 is 14.0 Å². The monoisotopic (exact) mass is 472 g/mol. The average Bonchev–Trinajstić information content (AvgIpc) is 3.13. The first-order valence-corrected chi connectivity index (χ1v) is 13.0. The fourth-order valence-corrected chi connectivity index (χ4v) is 4.92. The first-order chi connectivity index (χ1) is 15.9. The zero-order valence-electron chi connectivity index (χ0n) is 20.7. The second-order valence-corrected chi connectivity index (χ2v) is 10.2. The highest BCUT2D eigenvalue weighted by Gasteiger charge is 2.29. The third kappa shape index (κ3) is 7.20. The van der Waals surface area contributed by atoms with Crippen LogP contribution in [0, 0.1) is 5.92 Å². The molecule has 1 aliphatic rings. The minimum absolute atomic E-state index is 0.0441. The highest BCUT2D eigenvalue weighted by molar-refractivity contribution is 7.81. The van der Waals surface area contributed by atoms with Gasteiger partial charge in [-0.1, -0.05) is 89.7 Å². The average molecular weight is 473 g/mol. The molecule has 0 bridgehead atoms. The first kappa shape index (κ1) is 25.5. The Bertz CT molecular complexity index is 859. The van der Waals surface area contributed by atoms with Crippen LogP contribution in [0.4, 0.5) is 5.88 Å².